The van der Waals surface area contributed by atoms with Gasteiger partial charge < -0.3 is 15.1 Å². The average molecular weight is 326 g/mol. The number of nitriles is 1. The summed E-state index contributed by atoms with van der Waals surface area (Å²) in [6, 6.07) is 8.29. The van der Waals surface area contributed by atoms with Gasteiger partial charge in [0.25, 0.3) is 5.91 Å². The zero-order valence-corrected chi connectivity index (χ0v) is 15.0. The second-order valence-corrected chi connectivity index (χ2v) is 6.64. The molecule has 1 aromatic carbocycles. The number of aryl methyl sites for hydroxylation is 2. The average Bonchev–Trinajstić information content (AvgIpc) is 2.54. The fraction of sp³-hybridized carbons (Fsp3) is 0.474. The number of nitrogens with zero attached hydrogens (tertiary/aromatic N) is 3. The van der Waals surface area contributed by atoms with Gasteiger partial charge in [-0.2, -0.15) is 5.26 Å². The van der Waals surface area contributed by atoms with Crippen LogP contribution in [-0.2, 0) is 4.79 Å². The molecule has 0 aromatic heterocycles. The minimum absolute atomic E-state index is 0.135. The van der Waals surface area contributed by atoms with Crippen LogP contribution in [0.4, 0.5) is 5.69 Å². The minimum atomic E-state index is -0.219. The van der Waals surface area contributed by atoms with Crippen LogP contribution in [0.5, 0.6) is 0 Å². The summed E-state index contributed by atoms with van der Waals surface area (Å²) in [7, 11) is 3.88. The molecule has 128 valence electrons. The fourth-order valence-corrected chi connectivity index (χ4v) is 3.09. The Morgan fingerprint density at radius 3 is 2.42 bits per heavy atom. The summed E-state index contributed by atoms with van der Waals surface area (Å²) in [6.45, 7) is 6.00. The molecular formula is C19H26N4O. The standard InChI is InChI=1S/C19H26N4O/c1-14-9-15(2)11-17(10-14)21-13-16(12-20)19(24)23(4)18-5-7-22(3)8-6-18/h9-11,13,18,21H,5-8H2,1-4H3/b16-13-. The van der Waals surface area contributed by atoms with Crippen LogP contribution >= 0.6 is 0 Å². The Morgan fingerprint density at radius 1 is 1.29 bits per heavy atom. The largest absolute Gasteiger partial charge is 0.360 e. The van der Waals surface area contributed by atoms with Gasteiger partial charge >= 0.3 is 0 Å². The Balaban J connectivity index is 2.06. The zero-order valence-electron chi connectivity index (χ0n) is 15.0. The normalized spacial score (nSPS) is 16.5. The number of nitrogens with one attached hydrogen (secondary N) is 1. The lowest BCUT2D eigenvalue weighted by Gasteiger charge is -2.34. The molecule has 5 nitrogen and oxygen atoms in total. The lowest BCUT2D eigenvalue weighted by atomic mass is 10.0. The summed E-state index contributed by atoms with van der Waals surface area (Å²) in [4.78, 5) is 16.6. The number of likely N-dealkylation sites (N-methyl/N-ethyl adjacent to an activating group) is 1. The number of rotatable bonds is 4. The molecule has 0 radical (unpaired) electrons. The van der Waals surface area contributed by atoms with Crippen LogP contribution in [0.15, 0.2) is 30.0 Å². The molecule has 5 heteroatoms. The van der Waals surface area contributed by atoms with E-state index in [1.54, 1.807) is 11.9 Å². The molecule has 0 unspecified atom stereocenters. The van der Waals surface area contributed by atoms with Gasteiger partial charge in [0.05, 0.1) is 0 Å². The molecule has 1 amide bonds. The summed E-state index contributed by atoms with van der Waals surface area (Å²) >= 11 is 0. The highest BCUT2D eigenvalue weighted by molar-refractivity contribution is 5.97. The number of piperidine rings is 1. The van der Waals surface area contributed by atoms with Crippen molar-refractivity contribution in [1.82, 2.24) is 9.80 Å². The maximum atomic E-state index is 12.6. The molecule has 1 aliphatic rings. The van der Waals surface area contributed by atoms with Crippen LogP contribution in [-0.4, -0.2) is 48.9 Å². The first-order valence-corrected chi connectivity index (χ1v) is 8.31. The topological polar surface area (TPSA) is 59.4 Å². The van der Waals surface area contributed by atoms with E-state index >= 15 is 0 Å². The van der Waals surface area contributed by atoms with Crippen LogP contribution in [0.25, 0.3) is 0 Å². The van der Waals surface area contributed by atoms with E-state index in [4.69, 9.17) is 0 Å². The Bertz CT molecular complexity index is 646. The Kier molecular flexibility index (Phi) is 5.99. The first kappa shape index (κ1) is 18.0. The van der Waals surface area contributed by atoms with Crippen LogP contribution in [0.3, 0.4) is 0 Å². The Labute approximate surface area is 144 Å². The van der Waals surface area contributed by atoms with Crippen LogP contribution in [0.2, 0.25) is 0 Å². The minimum Gasteiger partial charge on any atom is -0.360 e. The number of amides is 1. The van der Waals surface area contributed by atoms with Gasteiger partial charge in [-0.3, -0.25) is 4.79 Å². The molecule has 2 rings (SSSR count). The van der Waals surface area contributed by atoms with Crippen molar-refractivity contribution in [3.63, 3.8) is 0 Å². The third-order valence-corrected chi connectivity index (χ3v) is 4.51. The molecule has 1 aliphatic heterocycles. The van der Waals surface area contributed by atoms with E-state index in [2.05, 4.69) is 23.3 Å². The van der Waals surface area contributed by atoms with E-state index < -0.39 is 0 Å². The SMILES string of the molecule is Cc1cc(C)cc(N/C=C(/C#N)C(=O)N(C)C2CCN(C)CC2)c1. The summed E-state index contributed by atoms with van der Waals surface area (Å²) in [5.41, 5.74) is 3.30. The molecule has 1 fully saturated rings. The first-order chi connectivity index (χ1) is 11.4. The molecule has 0 saturated carbocycles. The quantitative estimate of drug-likeness (QED) is 0.683. The highest BCUT2D eigenvalue weighted by atomic mass is 16.2. The molecule has 1 saturated heterocycles. The van der Waals surface area contributed by atoms with Gasteiger partial charge in [0, 0.05) is 25.0 Å². The van der Waals surface area contributed by atoms with E-state index in [0.717, 1.165) is 42.7 Å². The first-order valence-electron chi connectivity index (χ1n) is 8.31. The molecule has 1 heterocycles. The monoisotopic (exact) mass is 326 g/mol. The van der Waals surface area contributed by atoms with Gasteiger partial charge in [-0.25, -0.2) is 0 Å². The molecule has 0 spiro atoms. The summed E-state index contributed by atoms with van der Waals surface area (Å²) in [6.07, 6.45) is 3.41. The zero-order chi connectivity index (χ0) is 17.7. The van der Waals surface area contributed by atoms with E-state index in [1.807, 2.05) is 32.0 Å². The van der Waals surface area contributed by atoms with Gasteiger partial charge in [-0.05, 0) is 70.1 Å². The predicted molar refractivity (Wildman–Crippen MR) is 96.5 cm³/mol. The van der Waals surface area contributed by atoms with Crippen molar-refractivity contribution < 1.29 is 4.79 Å². The van der Waals surface area contributed by atoms with Crippen molar-refractivity contribution in [2.75, 3.05) is 32.5 Å². The maximum absolute atomic E-state index is 12.6. The number of likely N-dealkylation sites (tertiary alicyclic amines) is 1. The van der Waals surface area contributed by atoms with Crippen molar-refractivity contribution in [3.8, 4) is 6.07 Å². The third kappa shape index (κ3) is 4.59. The van der Waals surface area contributed by atoms with E-state index in [9.17, 15) is 10.1 Å². The van der Waals surface area contributed by atoms with Crippen LogP contribution in [0, 0.1) is 25.2 Å². The lowest BCUT2D eigenvalue weighted by molar-refractivity contribution is -0.128. The fourth-order valence-electron chi connectivity index (χ4n) is 3.09. The predicted octanol–water partition coefficient (Wildman–Crippen LogP) is 2.68. The van der Waals surface area contributed by atoms with Crippen LogP contribution < -0.4 is 5.32 Å². The van der Waals surface area contributed by atoms with E-state index in [0.29, 0.717) is 0 Å². The van der Waals surface area contributed by atoms with Crippen molar-refractivity contribution in [3.05, 3.63) is 41.1 Å². The van der Waals surface area contributed by atoms with E-state index in [1.165, 1.54) is 6.20 Å². The molecule has 1 N–H and O–H groups in total. The molecule has 0 atom stereocenters. The third-order valence-electron chi connectivity index (χ3n) is 4.51. The van der Waals surface area contributed by atoms with Gasteiger partial charge in [-0.1, -0.05) is 6.07 Å². The Hall–Kier alpha value is -2.32. The second kappa shape index (κ2) is 7.98. The Morgan fingerprint density at radius 2 is 1.88 bits per heavy atom. The lowest BCUT2D eigenvalue weighted by Crippen LogP contribution is -2.44. The number of hydrogen-bond acceptors (Lipinski definition) is 4. The number of hydrogen-bond donors (Lipinski definition) is 1. The molecule has 1 aromatic rings. The second-order valence-electron chi connectivity index (χ2n) is 6.64. The van der Waals surface area contributed by atoms with E-state index in [-0.39, 0.29) is 17.5 Å². The maximum Gasteiger partial charge on any atom is 0.266 e. The number of carbonyl (C=O) groups is 1. The molecule has 0 aliphatic carbocycles. The highest BCUT2D eigenvalue weighted by Gasteiger charge is 2.25. The number of anilines is 1. The van der Waals surface area contributed by atoms with Gasteiger partial charge in [0.15, 0.2) is 0 Å². The van der Waals surface area contributed by atoms with Crippen molar-refractivity contribution >= 4 is 11.6 Å². The number of carbonyl (C=O) groups excluding carboxylic acids is 1. The summed E-state index contributed by atoms with van der Waals surface area (Å²) in [5.74, 6) is -0.219. The van der Waals surface area contributed by atoms with Crippen molar-refractivity contribution in [1.29, 1.82) is 5.26 Å². The van der Waals surface area contributed by atoms with Gasteiger partial charge in [0.2, 0.25) is 0 Å². The van der Waals surface area contributed by atoms with Crippen molar-refractivity contribution in [2.24, 2.45) is 0 Å². The van der Waals surface area contributed by atoms with Gasteiger partial charge in [0.1, 0.15) is 11.6 Å². The molecule has 24 heavy (non-hydrogen) atoms. The summed E-state index contributed by atoms with van der Waals surface area (Å²) < 4.78 is 0. The van der Waals surface area contributed by atoms with Crippen molar-refractivity contribution in [2.45, 2.75) is 32.7 Å². The molecule has 0 bridgehead atoms. The van der Waals surface area contributed by atoms with Crippen LogP contribution in [0.1, 0.15) is 24.0 Å². The highest BCUT2D eigenvalue weighted by Crippen LogP contribution is 2.17. The number of benzene rings is 1. The summed E-state index contributed by atoms with van der Waals surface area (Å²) in [5, 5.41) is 12.4. The smallest absolute Gasteiger partial charge is 0.266 e. The molecular weight excluding hydrogens is 300 g/mol. The van der Waals surface area contributed by atoms with Gasteiger partial charge in [-0.15, -0.1) is 0 Å².